The van der Waals surface area contributed by atoms with E-state index < -0.39 is 18.0 Å². The maximum absolute atomic E-state index is 11.1. The highest BCUT2D eigenvalue weighted by Gasteiger charge is 2.37. The van der Waals surface area contributed by atoms with Crippen LogP contribution in [0, 0.1) is 18.8 Å². The van der Waals surface area contributed by atoms with Crippen LogP contribution in [0.2, 0.25) is 0 Å². The first-order valence-corrected chi connectivity index (χ1v) is 6.07. The van der Waals surface area contributed by atoms with Gasteiger partial charge >= 0.3 is 5.97 Å². The molecule has 1 aliphatic rings. The molecule has 0 aromatic heterocycles. The van der Waals surface area contributed by atoms with Crippen molar-refractivity contribution in [3.05, 3.63) is 35.4 Å². The van der Waals surface area contributed by atoms with Crippen molar-refractivity contribution in [3.63, 3.8) is 0 Å². The highest BCUT2D eigenvalue weighted by molar-refractivity contribution is 5.70. The molecule has 3 atom stereocenters. The molecule has 1 aliphatic carbocycles. The lowest BCUT2D eigenvalue weighted by Crippen LogP contribution is -2.23. The van der Waals surface area contributed by atoms with Crippen LogP contribution in [0.3, 0.4) is 0 Å². The summed E-state index contributed by atoms with van der Waals surface area (Å²) in [5.74, 6) is -1.32. The zero-order chi connectivity index (χ0) is 12.4. The molecule has 0 bridgehead atoms. The van der Waals surface area contributed by atoms with Crippen molar-refractivity contribution < 1.29 is 15.0 Å². The molecule has 0 amide bonds. The molecular formula is C14H18O3. The first kappa shape index (κ1) is 12.1. The van der Waals surface area contributed by atoms with Crippen LogP contribution in [0.15, 0.2) is 24.3 Å². The summed E-state index contributed by atoms with van der Waals surface area (Å²) in [5.41, 5.74) is 1.97. The van der Waals surface area contributed by atoms with Gasteiger partial charge in [0.15, 0.2) is 0 Å². The molecule has 92 valence electrons. The number of hydrogen-bond acceptors (Lipinski definition) is 2. The van der Waals surface area contributed by atoms with Crippen LogP contribution in [0.5, 0.6) is 0 Å². The fourth-order valence-electron chi connectivity index (χ4n) is 2.68. The molecule has 0 spiro atoms. The Labute approximate surface area is 101 Å². The summed E-state index contributed by atoms with van der Waals surface area (Å²) in [7, 11) is 0. The molecule has 1 fully saturated rings. The van der Waals surface area contributed by atoms with Crippen LogP contribution in [0.1, 0.15) is 36.5 Å². The van der Waals surface area contributed by atoms with Gasteiger partial charge in [-0.2, -0.15) is 0 Å². The molecule has 0 radical (unpaired) electrons. The third-order valence-electron chi connectivity index (χ3n) is 3.71. The molecule has 1 aromatic rings. The molecule has 17 heavy (non-hydrogen) atoms. The number of benzene rings is 1. The second kappa shape index (κ2) is 4.88. The van der Waals surface area contributed by atoms with E-state index in [1.165, 1.54) is 0 Å². The number of carboxylic acid groups (broad SMARTS) is 1. The third-order valence-corrected chi connectivity index (χ3v) is 3.71. The second-order valence-electron chi connectivity index (χ2n) is 4.90. The maximum atomic E-state index is 11.1. The Balaban J connectivity index is 2.16. The first-order chi connectivity index (χ1) is 8.09. The van der Waals surface area contributed by atoms with Crippen molar-refractivity contribution in [1.82, 2.24) is 0 Å². The Morgan fingerprint density at radius 1 is 1.29 bits per heavy atom. The van der Waals surface area contributed by atoms with Gasteiger partial charge in [0.25, 0.3) is 0 Å². The van der Waals surface area contributed by atoms with E-state index in [1.54, 1.807) is 0 Å². The van der Waals surface area contributed by atoms with Gasteiger partial charge in [0, 0.05) is 5.92 Å². The summed E-state index contributed by atoms with van der Waals surface area (Å²) < 4.78 is 0. The van der Waals surface area contributed by atoms with Gasteiger partial charge in [-0.15, -0.1) is 0 Å². The van der Waals surface area contributed by atoms with Crippen LogP contribution in [0.25, 0.3) is 0 Å². The number of rotatable bonds is 3. The number of carbonyl (C=O) groups is 1. The Morgan fingerprint density at radius 2 is 1.94 bits per heavy atom. The average molecular weight is 234 g/mol. The second-order valence-corrected chi connectivity index (χ2v) is 4.90. The van der Waals surface area contributed by atoms with E-state index in [0.29, 0.717) is 6.42 Å². The molecule has 1 saturated carbocycles. The van der Waals surface area contributed by atoms with Crippen molar-refractivity contribution in [2.24, 2.45) is 11.8 Å². The lowest BCUT2D eigenvalue weighted by atomic mass is 9.87. The highest BCUT2D eigenvalue weighted by atomic mass is 16.4. The topological polar surface area (TPSA) is 57.5 Å². The summed E-state index contributed by atoms with van der Waals surface area (Å²) in [6, 6.07) is 7.67. The number of aliphatic carboxylic acids is 1. The van der Waals surface area contributed by atoms with Crippen LogP contribution in [0.4, 0.5) is 0 Å². The summed E-state index contributed by atoms with van der Waals surface area (Å²) in [6.45, 7) is 1.99. The van der Waals surface area contributed by atoms with E-state index in [4.69, 9.17) is 5.11 Å². The van der Waals surface area contributed by atoms with Crippen molar-refractivity contribution in [1.29, 1.82) is 0 Å². The third kappa shape index (κ3) is 2.50. The van der Waals surface area contributed by atoms with Crippen molar-refractivity contribution >= 4 is 5.97 Å². The largest absolute Gasteiger partial charge is 0.481 e. The Morgan fingerprint density at radius 3 is 2.53 bits per heavy atom. The van der Waals surface area contributed by atoms with Crippen molar-refractivity contribution in [3.8, 4) is 0 Å². The molecular weight excluding hydrogens is 216 g/mol. The molecule has 2 N–H and O–H groups in total. The van der Waals surface area contributed by atoms with E-state index in [0.717, 1.165) is 24.0 Å². The van der Waals surface area contributed by atoms with Gasteiger partial charge in [-0.25, -0.2) is 0 Å². The minimum Gasteiger partial charge on any atom is -0.481 e. The minimum atomic E-state index is -0.779. The number of aliphatic hydroxyl groups is 1. The maximum Gasteiger partial charge on any atom is 0.306 e. The quantitative estimate of drug-likeness (QED) is 0.845. The van der Waals surface area contributed by atoms with Crippen LogP contribution >= 0.6 is 0 Å². The smallest absolute Gasteiger partial charge is 0.306 e. The average Bonchev–Trinajstić information content (AvgIpc) is 2.78. The molecule has 0 heterocycles. The fourth-order valence-corrected chi connectivity index (χ4v) is 2.68. The molecule has 2 rings (SSSR count). The minimum absolute atomic E-state index is 0.143. The Bertz CT molecular complexity index is 396. The van der Waals surface area contributed by atoms with Gasteiger partial charge < -0.3 is 10.2 Å². The molecule has 3 heteroatoms. The predicted molar refractivity (Wildman–Crippen MR) is 64.6 cm³/mol. The summed E-state index contributed by atoms with van der Waals surface area (Å²) in [5, 5.41) is 19.4. The molecule has 3 unspecified atom stereocenters. The fraction of sp³-hybridized carbons (Fsp3) is 0.500. The molecule has 0 saturated heterocycles. The van der Waals surface area contributed by atoms with Crippen molar-refractivity contribution in [2.75, 3.05) is 0 Å². The van der Waals surface area contributed by atoms with Crippen molar-refractivity contribution in [2.45, 2.75) is 32.3 Å². The first-order valence-electron chi connectivity index (χ1n) is 6.07. The van der Waals surface area contributed by atoms with Gasteiger partial charge in [0.05, 0.1) is 12.0 Å². The summed E-state index contributed by atoms with van der Waals surface area (Å²) in [4.78, 5) is 11.1. The zero-order valence-electron chi connectivity index (χ0n) is 9.97. The number of aryl methyl sites for hydroxylation is 1. The monoisotopic (exact) mass is 234 g/mol. The highest BCUT2D eigenvalue weighted by Crippen LogP contribution is 2.40. The number of carboxylic acids is 1. The zero-order valence-corrected chi connectivity index (χ0v) is 9.97. The predicted octanol–water partition coefficient (Wildman–Crippen LogP) is 2.53. The van der Waals surface area contributed by atoms with Crippen LogP contribution in [-0.2, 0) is 4.79 Å². The van der Waals surface area contributed by atoms with Crippen LogP contribution < -0.4 is 0 Å². The Hall–Kier alpha value is -1.35. The SMILES string of the molecule is Cc1ccc(C(O)C2CCCC2C(=O)O)cc1. The number of hydrogen-bond donors (Lipinski definition) is 2. The van der Waals surface area contributed by atoms with Crippen LogP contribution in [-0.4, -0.2) is 16.2 Å². The van der Waals surface area contributed by atoms with Gasteiger partial charge in [-0.1, -0.05) is 36.2 Å². The van der Waals surface area contributed by atoms with E-state index in [9.17, 15) is 9.90 Å². The lowest BCUT2D eigenvalue weighted by Gasteiger charge is -2.22. The van der Waals surface area contributed by atoms with E-state index in [2.05, 4.69) is 0 Å². The Kier molecular flexibility index (Phi) is 3.48. The van der Waals surface area contributed by atoms with Gasteiger partial charge in [-0.05, 0) is 25.3 Å². The van der Waals surface area contributed by atoms with E-state index in [-0.39, 0.29) is 5.92 Å². The molecule has 1 aromatic carbocycles. The van der Waals surface area contributed by atoms with Gasteiger partial charge in [0.2, 0.25) is 0 Å². The summed E-state index contributed by atoms with van der Waals surface area (Å²) >= 11 is 0. The number of aliphatic hydroxyl groups excluding tert-OH is 1. The van der Waals surface area contributed by atoms with Gasteiger partial charge in [-0.3, -0.25) is 4.79 Å². The standard InChI is InChI=1S/C14H18O3/c1-9-5-7-10(8-6-9)13(15)11-3-2-4-12(11)14(16)17/h5-8,11-13,15H,2-4H2,1H3,(H,16,17). The van der Waals surface area contributed by atoms with E-state index >= 15 is 0 Å². The van der Waals surface area contributed by atoms with E-state index in [1.807, 2.05) is 31.2 Å². The normalized spacial score (nSPS) is 25.8. The van der Waals surface area contributed by atoms with Gasteiger partial charge in [0.1, 0.15) is 0 Å². The summed E-state index contributed by atoms with van der Waals surface area (Å²) in [6.07, 6.45) is 1.72. The molecule has 3 nitrogen and oxygen atoms in total. The lowest BCUT2D eigenvalue weighted by molar-refractivity contribution is -0.144. The molecule has 0 aliphatic heterocycles.